The van der Waals surface area contributed by atoms with Crippen LogP contribution in [0.4, 0.5) is 5.69 Å². The molecule has 1 aromatic carbocycles. The second-order valence-electron chi connectivity index (χ2n) is 11.0. The van der Waals surface area contributed by atoms with Crippen molar-refractivity contribution in [2.24, 2.45) is 0 Å². The molecule has 3 aliphatic rings. The van der Waals surface area contributed by atoms with Gasteiger partial charge in [0.25, 0.3) is 5.91 Å². The zero-order chi connectivity index (χ0) is 30.2. The highest BCUT2D eigenvalue weighted by atomic mass is 32.1. The van der Waals surface area contributed by atoms with E-state index in [-0.39, 0.29) is 11.0 Å². The van der Waals surface area contributed by atoms with Crippen LogP contribution in [0.3, 0.4) is 0 Å². The molecule has 4 rings (SSSR count). The fourth-order valence-corrected chi connectivity index (χ4v) is 6.31. The molecule has 0 bridgehead atoms. The van der Waals surface area contributed by atoms with Gasteiger partial charge >= 0.3 is 11.9 Å². The molecule has 0 aromatic heterocycles. The number of esters is 2. The molecular formula is C30H42N6O5S. The summed E-state index contributed by atoms with van der Waals surface area (Å²) in [7, 11) is 2.60. The molecule has 0 radical (unpaired) electrons. The van der Waals surface area contributed by atoms with Crippen molar-refractivity contribution in [3.05, 3.63) is 52.4 Å². The molecule has 0 atom stereocenters. The van der Waals surface area contributed by atoms with Crippen molar-refractivity contribution in [1.82, 2.24) is 26.0 Å². The Hall–Kier alpha value is -3.48. The van der Waals surface area contributed by atoms with E-state index in [1.165, 1.54) is 46.6 Å². The second-order valence-corrected chi connectivity index (χ2v) is 11.4. The van der Waals surface area contributed by atoms with Crippen molar-refractivity contribution in [1.29, 1.82) is 0 Å². The molecule has 0 unspecified atom stereocenters. The predicted octanol–water partition coefficient (Wildman–Crippen LogP) is 2.54. The Kier molecular flexibility index (Phi) is 10.9. The Labute approximate surface area is 253 Å². The van der Waals surface area contributed by atoms with E-state index in [0.29, 0.717) is 46.4 Å². The third kappa shape index (κ3) is 7.67. The molecule has 228 valence electrons. The number of nitrogens with one attached hydrogen (secondary N) is 4. The first-order valence-electron chi connectivity index (χ1n) is 14.5. The molecule has 4 N–H and O–H groups in total. The molecule has 42 heavy (non-hydrogen) atoms. The maximum Gasteiger partial charge on any atom is 0.336 e. The minimum absolute atomic E-state index is 0.161. The monoisotopic (exact) mass is 598 g/mol. The molecule has 11 nitrogen and oxygen atoms in total. The number of amides is 1. The van der Waals surface area contributed by atoms with Crippen LogP contribution in [-0.4, -0.2) is 85.7 Å². The zero-order valence-electron chi connectivity index (χ0n) is 24.9. The van der Waals surface area contributed by atoms with Gasteiger partial charge in [0.05, 0.1) is 37.8 Å². The van der Waals surface area contributed by atoms with Gasteiger partial charge in [-0.1, -0.05) is 18.6 Å². The van der Waals surface area contributed by atoms with Gasteiger partial charge in [-0.2, -0.15) is 0 Å². The number of thiocarbonyl (C=S) groups is 1. The van der Waals surface area contributed by atoms with E-state index in [4.69, 9.17) is 21.7 Å². The molecule has 3 aliphatic heterocycles. The number of rotatable bonds is 7. The van der Waals surface area contributed by atoms with Gasteiger partial charge in [-0.3, -0.25) is 20.5 Å². The van der Waals surface area contributed by atoms with Gasteiger partial charge in [-0.25, -0.2) is 9.59 Å². The number of hydrogen-bond donors (Lipinski definition) is 4. The fraction of sp³-hybridized carbons (Fsp3) is 0.533. The Morgan fingerprint density at radius 1 is 0.929 bits per heavy atom. The number of allylic oxidation sites excluding steroid dienone is 2. The standard InChI is InChI=1S/C30H42N6O5S/c1-19-25(28(38)40-3)27(26(20(2)31-19)29(39)41-4)21-9-8-10-22(17-21)32-30(42)34-33-24(37)18-35-15-11-23(12-16-35)36-13-6-5-7-14-36/h8-10,17,23,27,31H,5-7,11-16,18H2,1-4H3,(H,33,37)(H2,32,34,42). The summed E-state index contributed by atoms with van der Waals surface area (Å²) >= 11 is 5.42. The Bertz CT molecular complexity index is 1210. The van der Waals surface area contributed by atoms with Gasteiger partial charge in [0, 0.05) is 36.2 Å². The molecule has 0 aliphatic carbocycles. The van der Waals surface area contributed by atoms with E-state index in [1.807, 2.05) is 6.07 Å². The quantitative estimate of drug-likeness (QED) is 0.210. The van der Waals surface area contributed by atoms with E-state index >= 15 is 0 Å². The first-order valence-corrected chi connectivity index (χ1v) is 14.9. The van der Waals surface area contributed by atoms with Gasteiger partial charge in [0.1, 0.15) is 0 Å². The summed E-state index contributed by atoms with van der Waals surface area (Å²) < 4.78 is 10.1. The molecule has 0 spiro atoms. The highest BCUT2D eigenvalue weighted by Gasteiger charge is 2.37. The smallest absolute Gasteiger partial charge is 0.336 e. The van der Waals surface area contributed by atoms with Crippen LogP contribution in [-0.2, 0) is 23.9 Å². The SMILES string of the molecule is COC(=O)C1=C(C)NC(C)=C(C(=O)OC)C1c1cccc(NC(=S)NNC(=O)CN2CCC(N3CCCCC3)CC2)c1. The van der Waals surface area contributed by atoms with E-state index < -0.39 is 17.9 Å². The van der Waals surface area contributed by atoms with Crippen molar-refractivity contribution >= 4 is 40.9 Å². The molecule has 3 heterocycles. The number of hydrogen-bond acceptors (Lipinski definition) is 9. The number of nitrogens with zero attached hydrogens (tertiary/aromatic N) is 2. The zero-order valence-corrected chi connectivity index (χ0v) is 25.7. The maximum atomic E-state index is 12.8. The fourth-order valence-electron chi connectivity index (χ4n) is 6.14. The summed E-state index contributed by atoms with van der Waals surface area (Å²) in [6, 6.07) is 7.84. The van der Waals surface area contributed by atoms with Crippen LogP contribution < -0.4 is 21.5 Å². The van der Waals surface area contributed by atoms with Crippen LogP contribution in [0.1, 0.15) is 57.4 Å². The number of piperidine rings is 2. The number of carbonyl (C=O) groups excluding carboxylic acids is 3. The average molecular weight is 599 g/mol. The van der Waals surface area contributed by atoms with E-state index in [1.54, 1.807) is 32.0 Å². The minimum Gasteiger partial charge on any atom is -0.466 e. The largest absolute Gasteiger partial charge is 0.466 e. The first kappa shape index (κ1) is 31.5. The lowest BCUT2D eigenvalue weighted by molar-refractivity contribution is -0.137. The minimum atomic E-state index is -0.715. The molecule has 2 saturated heterocycles. The lowest BCUT2D eigenvalue weighted by atomic mass is 9.80. The summed E-state index contributed by atoms with van der Waals surface area (Å²) in [6.07, 6.45) is 6.10. The van der Waals surface area contributed by atoms with Crippen LogP contribution in [0.2, 0.25) is 0 Å². The van der Waals surface area contributed by atoms with Crippen molar-refractivity contribution in [3.8, 4) is 0 Å². The average Bonchev–Trinajstić information content (AvgIpc) is 3.00. The van der Waals surface area contributed by atoms with Gasteiger partial charge in [0.2, 0.25) is 0 Å². The van der Waals surface area contributed by atoms with Crippen LogP contribution >= 0.6 is 12.2 Å². The normalized spacial score (nSPS) is 19.1. The lowest BCUT2D eigenvalue weighted by Gasteiger charge is -2.40. The first-order chi connectivity index (χ1) is 20.2. The Balaban J connectivity index is 1.34. The molecule has 1 amide bonds. The number of anilines is 1. The molecule has 2 fully saturated rings. The second kappa shape index (κ2) is 14.6. The van der Waals surface area contributed by atoms with Crippen LogP contribution in [0.25, 0.3) is 0 Å². The number of carbonyl (C=O) groups is 3. The summed E-state index contributed by atoms with van der Waals surface area (Å²) in [4.78, 5) is 43.0. The summed E-state index contributed by atoms with van der Waals surface area (Å²) in [6.45, 7) is 8.04. The number of likely N-dealkylation sites (tertiary alicyclic amines) is 2. The van der Waals surface area contributed by atoms with Crippen molar-refractivity contribution < 1.29 is 23.9 Å². The van der Waals surface area contributed by atoms with E-state index in [9.17, 15) is 14.4 Å². The highest BCUT2D eigenvalue weighted by molar-refractivity contribution is 7.80. The summed E-state index contributed by atoms with van der Waals surface area (Å²) in [5, 5.41) is 6.37. The molecule has 1 aromatic rings. The Morgan fingerprint density at radius 2 is 1.55 bits per heavy atom. The van der Waals surface area contributed by atoms with Gasteiger partial charge in [0.15, 0.2) is 5.11 Å². The highest BCUT2D eigenvalue weighted by Crippen LogP contribution is 2.39. The Morgan fingerprint density at radius 3 is 2.14 bits per heavy atom. The van der Waals surface area contributed by atoms with Gasteiger partial charge in [-0.15, -0.1) is 0 Å². The van der Waals surface area contributed by atoms with E-state index in [0.717, 1.165) is 25.9 Å². The number of benzene rings is 1. The van der Waals surface area contributed by atoms with Gasteiger partial charge < -0.3 is 25.0 Å². The van der Waals surface area contributed by atoms with Crippen molar-refractivity contribution in [2.45, 2.75) is 57.9 Å². The number of hydrazine groups is 1. The molecule has 12 heteroatoms. The third-order valence-electron chi connectivity index (χ3n) is 8.20. The predicted molar refractivity (Wildman–Crippen MR) is 164 cm³/mol. The van der Waals surface area contributed by atoms with Crippen LogP contribution in [0.15, 0.2) is 46.8 Å². The van der Waals surface area contributed by atoms with Gasteiger partial charge in [-0.05, 0) is 82.5 Å². The number of methoxy groups -OCH3 is 2. The maximum absolute atomic E-state index is 12.8. The topological polar surface area (TPSA) is 124 Å². The lowest BCUT2D eigenvalue weighted by Crippen LogP contribution is -2.51. The van der Waals surface area contributed by atoms with Crippen LogP contribution in [0.5, 0.6) is 0 Å². The summed E-state index contributed by atoms with van der Waals surface area (Å²) in [5.74, 6) is -1.97. The summed E-state index contributed by atoms with van der Waals surface area (Å²) in [5.41, 5.74) is 8.54. The molecular weight excluding hydrogens is 556 g/mol. The third-order valence-corrected chi connectivity index (χ3v) is 8.40. The number of dihydropyridines is 1. The van der Waals surface area contributed by atoms with E-state index in [2.05, 4.69) is 31.3 Å². The number of ether oxygens (including phenoxy) is 2. The molecule has 0 saturated carbocycles. The van der Waals surface area contributed by atoms with Crippen molar-refractivity contribution in [3.63, 3.8) is 0 Å². The van der Waals surface area contributed by atoms with Crippen LogP contribution in [0, 0.1) is 0 Å². The van der Waals surface area contributed by atoms with Crippen molar-refractivity contribution in [2.75, 3.05) is 52.3 Å².